The van der Waals surface area contributed by atoms with Crippen LogP contribution in [0.3, 0.4) is 0 Å². The molecule has 63 heavy (non-hydrogen) atoms. The molecule has 12 rings (SSSR count). The van der Waals surface area contributed by atoms with Crippen molar-refractivity contribution in [2.75, 3.05) is 0 Å². The third-order valence-corrected chi connectivity index (χ3v) is 16.4. The molecule has 0 bridgehead atoms. The Kier molecular flexibility index (Phi) is 8.91. The highest BCUT2D eigenvalue weighted by Gasteiger charge is 2.43. The zero-order chi connectivity index (χ0) is 41.7. The molecule has 0 amide bonds. The lowest BCUT2D eigenvalue weighted by molar-refractivity contribution is 1.07. The molecule has 4 heteroatoms. The topological polar surface area (TPSA) is 38.7 Å². The van der Waals surface area contributed by atoms with Crippen molar-refractivity contribution in [3.8, 4) is 67.5 Å². The van der Waals surface area contributed by atoms with E-state index in [1.807, 2.05) is 24.3 Å². The van der Waals surface area contributed by atoms with Crippen LogP contribution >= 0.6 is 10.0 Å². The predicted molar refractivity (Wildman–Crippen MR) is 261 cm³/mol. The molecular weight excluding hydrogens is 783 g/mol. The first-order chi connectivity index (χ1) is 31.2. The van der Waals surface area contributed by atoms with Crippen molar-refractivity contribution in [2.24, 2.45) is 0 Å². The Morgan fingerprint density at radius 1 is 0.238 bits per heavy atom. The lowest BCUT2D eigenvalue weighted by atomic mass is 9.96. The fraction of sp³-hybridized carbons (Fsp3) is 0. The molecule has 1 aliphatic heterocycles. The van der Waals surface area contributed by atoms with Gasteiger partial charge in [0.15, 0.2) is 17.5 Å². The minimum atomic E-state index is -2.05. The van der Waals surface area contributed by atoms with Crippen molar-refractivity contribution in [1.29, 1.82) is 0 Å². The molecular formula is C59H39N3S. The van der Waals surface area contributed by atoms with Gasteiger partial charge in [-0.25, -0.2) is 15.0 Å². The van der Waals surface area contributed by atoms with E-state index in [0.717, 1.165) is 33.4 Å². The van der Waals surface area contributed by atoms with E-state index < -0.39 is 10.0 Å². The molecule has 3 nitrogen and oxygen atoms in total. The molecule has 0 unspecified atom stereocenters. The van der Waals surface area contributed by atoms with Gasteiger partial charge in [0.05, 0.1) is 0 Å². The van der Waals surface area contributed by atoms with E-state index in [2.05, 4.69) is 212 Å². The second-order valence-electron chi connectivity index (χ2n) is 15.9. The van der Waals surface area contributed by atoms with Gasteiger partial charge in [0.2, 0.25) is 0 Å². The number of hydrogen-bond acceptors (Lipinski definition) is 3. The first kappa shape index (κ1) is 36.9. The van der Waals surface area contributed by atoms with Crippen molar-refractivity contribution in [2.45, 2.75) is 19.6 Å². The van der Waals surface area contributed by atoms with Gasteiger partial charge >= 0.3 is 0 Å². The number of hydrogen-bond donors (Lipinski definition) is 0. The lowest BCUT2D eigenvalue weighted by Gasteiger charge is -2.41. The van der Waals surface area contributed by atoms with Crippen LogP contribution in [0.5, 0.6) is 0 Å². The largest absolute Gasteiger partial charge is 0.208 e. The fourth-order valence-electron chi connectivity index (χ4n) is 9.47. The number of nitrogens with zero attached hydrogens (tertiary/aromatic N) is 3. The molecule has 11 aromatic rings. The lowest BCUT2D eigenvalue weighted by Crippen LogP contribution is -2.04. The molecule has 0 radical (unpaired) electrons. The van der Waals surface area contributed by atoms with Crippen molar-refractivity contribution in [1.82, 2.24) is 15.0 Å². The number of benzene rings is 10. The van der Waals surface area contributed by atoms with Gasteiger partial charge < -0.3 is 0 Å². The molecule has 1 aromatic heterocycles. The Morgan fingerprint density at radius 2 is 0.651 bits per heavy atom. The molecule has 0 fully saturated rings. The molecule has 0 spiro atoms. The molecule has 0 atom stereocenters. The zero-order valence-electron chi connectivity index (χ0n) is 34.3. The Balaban J connectivity index is 1.09. The highest BCUT2D eigenvalue weighted by molar-refractivity contribution is 8.34. The molecule has 0 saturated heterocycles. The second-order valence-corrected chi connectivity index (χ2v) is 18.9. The van der Waals surface area contributed by atoms with Gasteiger partial charge in [-0.3, -0.25) is 0 Å². The Bertz CT molecular complexity index is 3420. The van der Waals surface area contributed by atoms with E-state index in [0.29, 0.717) is 17.5 Å². The van der Waals surface area contributed by atoms with Crippen molar-refractivity contribution >= 4 is 31.6 Å². The van der Waals surface area contributed by atoms with E-state index in [4.69, 9.17) is 15.0 Å². The monoisotopic (exact) mass is 821 g/mol. The highest BCUT2D eigenvalue weighted by Crippen LogP contribution is 2.81. The van der Waals surface area contributed by atoms with Crippen LogP contribution in [0.2, 0.25) is 0 Å². The van der Waals surface area contributed by atoms with Gasteiger partial charge in [-0.15, -0.1) is 10.0 Å². The Labute approximate surface area is 368 Å². The normalized spacial score (nSPS) is 13.1. The zero-order valence-corrected chi connectivity index (χ0v) is 35.1. The molecule has 0 aliphatic carbocycles. The Morgan fingerprint density at radius 3 is 1.30 bits per heavy atom. The predicted octanol–water partition coefficient (Wildman–Crippen LogP) is 15.8. The van der Waals surface area contributed by atoms with Crippen LogP contribution in [-0.2, 0) is 0 Å². The molecule has 2 heterocycles. The van der Waals surface area contributed by atoms with E-state index >= 15 is 0 Å². The minimum Gasteiger partial charge on any atom is -0.208 e. The average Bonchev–Trinajstić information content (AvgIpc) is 3.66. The van der Waals surface area contributed by atoms with E-state index in [9.17, 15) is 0 Å². The number of fused-ring (bicyclic) bond motifs is 5. The first-order valence-electron chi connectivity index (χ1n) is 21.3. The van der Waals surface area contributed by atoms with Gasteiger partial charge in [-0.1, -0.05) is 212 Å². The third kappa shape index (κ3) is 6.10. The van der Waals surface area contributed by atoms with Crippen LogP contribution in [0.25, 0.3) is 89.1 Å². The average molecular weight is 822 g/mol. The van der Waals surface area contributed by atoms with Gasteiger partial charge in [-0.2, -0.15) is 0 Å². The van der Waals surface area contributed by atoms with Gasteiger partial charge in [0.1, 0.15) is 0 Å². The highest BCUT2D eigenvalue weighted by atomic mass is 32.3. The molecule has 296 valence electrons. The number of rotatable bonds is 7. The van der Waals surface area contributed by atoms with E-state index in [1.54, 1.807) is 0 Å². The summed E-state index contributed by atoms with van der Waals surface area (Å²) in [5, 5.41) is 5.03. The Hall–Kier alpha value is -7.92. The summed E-state index contributed by atoms with van der Waals surface area (Å²) in [6.45, 7) is 0. The summed E-state index contributed by atoms with van der Waals surface area (Å²) in [5.41, 5.74) is 9.88. The van der Waals surface area contributed by atoms with Crippen LogP contribution in [0.1, 0.15) is 0 Å². The maximum atomic E-state index is 5.27. The van der Waals surface area contributed by atoms with Crippen LogP contribution < -0.4 is 0 Å². The summed E-state index contributed by atoms with van der Waals surface area (Å²) in [4.78, 5) is 21.0. The van der Waals surface area contributed by atoms with Crippen molar-refractivity contribution in [3.63, 3.8) is 0 Å². The summed E-state index contributed by atoms with van der Waals surface area (Å²) in [5.74, 6) is 1.90. The molecule has 1 aliphatic rings. The summed E-state index contributed by atoms with van der Waals surface area (Å²) in [7, 11) is -2.05. The van der Waals surface area contributed by atoms with Crippen molar-refractivity contribution < 1.29 is 0 Å². The maximum Gasteiger partial charge on any atom is 0.164 e. The van der Waals surface area contributed by atoms with Gasteiger partial charge in [0, 0.05) is 36.3 Å². The van der Waals surface area contributed by atoms with Crippen LogP contribution in [0.4, 0.5) is 0 Å². The second kappa shape index (κ2) is 15.2. The quantitative estimate of drug-likeness (QED) is 0.161. The van der Waals surface area contributed by atoms with Gasteiger partial charge in [0.25, 0.3) is 0 Å². The number of aromatic nitrogens is 3. The SMILES string of the molecule is c1ccc(-c2ccc(-c3nc(-c4ccccc4)nc(-c4ccccc4-c4ccc5c(c4)S(c4cccc6ccccc46)(c4cccc6ccccc46)c4ccccc4-5)n3)cc2)cc1. The summed E-state index contributed by atoms with van der Waals surface area (Å²) < 4.78 is 0. The molecule has 0 saturated carbocycles. The smallest absolute Gasteiger partial charge is 0.164 e. The standard InChI is InChI=1S/C59H39N3S/c1-3-17-40(18-4-1)41-33-35-45(36-34-41)58-60-57(44-21-5-2-6-22-44)61-59(62-58)52-29-12-11-25-47(52)46-37-38-51-50-28-13-14-30-55(50)63(56(51)39-46,53-31-15-23-42-19-7-9-26-48(42)53)54-32-16-24-43-20-8-10-27-49(43)54/h1-39H. The fourth-order valence-corrected chi connectivity index (χ4v) is 14.1. The summed E-state index contributed by atoms with van der Waals surface area (Å²) in [6.07, 6.45) is 0. The molecule has 0 N–H and O–H groups in total. The van der Waals surface area contributed by atoms with Crippen LogP contribution in [0, 0.1) is 0 Å². The first-order valence-corrected chi connectivity index (χ1v) is 23.0. The van der Waals surface area contributed by atoms with Gasteiger partial charge in [-0.05, 0) is 79.2 Å². The minimum absolute atomic E-state index is 0.632. The third-order valence-electron chi connectivity index (χ3n) is 12.4. The maximum absolute atomic E-state index is 5.27. The summed E-state index contributed by atoms with van der Waals surface area (Å²) in [6, 6.07) is 85.5. The molecule has 10 aromatic carbocycles. The summed E-state index contributed by atoms with van der Waals surface area (Å²) >= 11 is 0. The van der Waals surface area contributed by atoms with Crippen LogP contribution in [0.15, 0.2) is 256 Å². The van der Waals surface area contributed by atoms with E-state index in [1.165, 1.54) is 57.8 Å². The van der Waals surface area contributed by atoms with E-state index in [-0.39, 0.29) is 0 Å². The van der Waals surface area contributed by atoms with Crippen LogP contribution in [-0.4, -0.2) is 15.0 Å². The van der Waals surface area contributed by atoms with Crippen molar-refractivity contribution in [3.05, 3.63) is 237 Å².